The average molecular weight is 448 g/mol. The summed E-state index contributed by atoms with van der Waals surface area (Å²) in [6, 6.07) is 21.9. The van der Waals surface area contributed by atoms with Crippen LogP contribution in [0.25, 0.3) is 0 Å². The van der Waals surface area contributed by atoms with Gasteiger partial charge < -0.3 is 29.3 Å². The summed E-state index contributed by atoms with van der Waals surface area (Å²) in [7, 11) is 4.98. The minimum absolute atomic E-state index is 0.415. The van der Waals surface area contributed by atoms with Gasteiger partial charge in [-0.05, 0) is 66.7 Å². The summed E-state index contributed by atoms with van der Waals surface area (Å²) in [5.74, 6) is 0.172. The zero-order valence-corrected chi connectivity index (χ0v) is 19.2. The molecular formula is C26H29N3O4. The summed E-state index contributed by atoms with van der Waals surface area (Å²) < 4.78 is 15.6. The molecule has 7 nitrogen and oxygen atoms in total. The number of nitrogens with zero attached hydrogens (tertiary/aromatic N) is 2. The Morgan fingerprint density at radius 1 is 0.939 bits per heavy atom. The first-order valence-electron chi connectivity index (χ1n) is 10.9. The number of carbonyl (C=O) groups is 1. The molecule has 1 aliphatic heterocycles. The molecule has 1 saturated heterocycles. The van der Waals surface area contributed by atoms with Crippen LogP contribution in [-0.2, 0) is 9.47 Å². The van der Waals surface area contributed by atoms with Gasteiger partial charge in [-0.15, -0.1) is 0 Å². The van der Waals surface area contributed by atoms with Crippen LogP contribution in [0.4, 0.5) is 28.4 Å². The van der Waals surface area contributed by atoms with E-state index in [9.17, 15) is 4.79 Å². The SMILES string of the molecule is COC(=O)c1cc(OC)ccc1Nc1ccc(N(C)c2ccc(N3CCOCC3)cc2)cc1. The maximum atomic E-state index is 12.2. The molecule has 0 amide bonds. The number of nitrogens with one attached hydrogen (secondary N) is 1. The number of ether oxygens (including phenoxy) is 3. The Labute approximate surface area is 194 Å². The first kappa shape index (κ1) is 22.5. The molecule has 3 aromatic rings. The van der Waals surface area contributed by atoms with E-state index in [0.29, 0.717) is 17.0 Å². The van der Waals surface area contributed by atoms with Gasteiger partial charge in [0.1, 0.15) is 5.75 Å². The van der Waals surface area contributed by atoms with Crippen LogP contribution in [0.3, 0.4) is 0 Å². The Bertz CT molecular complexity index is 1080. The minimum Gasteiger partial charge on any atom is -0.497 e. The molecule has 1 N–H and O–H groups in total. The fourth-order valence-electron chi connectivity index (χ4n) is 3.82. The number of anilines is 5. The second kappa shape index (κ2) is 10.3. The summed E-state index contributed by atoms with van der Waals surface area (Å²) in [5.41, 5.74) is 5.32. The molecular weight excluding hydrogens is 418 g/mol. The van der Waals surface area contributed by atoms with E-state index in [1.807, 2.05) is 31.3 Å². The molecule has 0 unspecified atom stereocenters. The fraction of sp³-hybridized carbons (Fsp3) is 0.269. The number of rotatable bonds is 7. The van der Waals surface area contributed by atoms with E-state index in [0.717, 1.165) is 43.4 Å². The van der Waals surface area contributed by atoms with Gasteiger partial charge >= 0.3 is 5.97 Å². The lowest BCUT2D eigenvalue weighted by Crippen LogP contribution is -2.36. The highest BCUT2D eigenvalue weighted by atomic mass is 16.5. The number of hydrogen-bond donors (Lipinski definition) is 1. The maximum absolute atomic E-state index is 12.2. The third kappa shape index (κ3) is 5.21. The Hall–Kier alpha value is -3.71. The molecule has 172 valence electrons. The number of hydrogen-bond acceptors (Lipinski definition) is 7. The van der Waals surface area contributed by atoms with Crippen LogP contribution in [0.1, 0.15) is 10.4 Å². The van der Waals surface area contributed by atoms with Gasteiger partial charge in [0.15, 0.2) is 0 Å². The third-order valence-electron chi connectivity index (χ3n) is 5.78. The van der Waals surface area contributed by atoms with Crippen molar-refractivity contribution in [2.75, 3.05) is 62.7 Å². The van der Waals surface area contributed by atoms with Gasteiger partial charge in [0.2, 0.25) is 0 Å². The highest BCUT2D eigenvalue weighted by molar-refractivity contribution is 5.97. The predicted octanol–water partition coefficient (Wildman–Crippen LogP) is 4.83. The van der Waals surface area contributed by atoms with Crippen molar-refractivity contribution in [2.24, 2.45) is 0 Å². The number of carbonyl (C=O) groups excluding carboxylic acids is 1. The van der Waals surface area contributed by atoms with Gasteiger partial charge in [0, 0.05) is 42.9 Å². The smallest absolute Gasteiger partial charge is 0.340 e. The lowest BCUT2D eigenvalue weighted by atomic mass is 10.1. The van der Waals surface area contributed by atoms with Gasteiger partial charge in [0.25, 0.3) is 0 Å². The van der Waals surface area contributed by atoms with Crippen LogP contribution >= 0.6 is 0 Å². The van der Waals surface area contributed by atoms with E-state index in [1.165, 1.54) is 12.8 Å². The molecule has 0 aromatic heterocycles. The Balaban J connectivity index is 1.46. The molecule has 1 heterocycles. The van der Waals surface area contributed by atoms with Crippen molar-refractivity contribution < 1.29 is 19.0 Å². The lowest BCUT2D eigenvalue weighted by Gasteiger charge is -2.29. The normalized spacial score (nSPS) is 13.4. The van der Waals surface area contributed by atoms with E-state index < -0.39 is 5.97 Å². The topological polar surface area (TPSA) is 63.3 Å². The maximum Gasteiger partial charge on any atom is 0.340 e. The largest absolute Gasteiger partial charge is 0.497 e. The molecule has 0 radical (unpaired) electrons. The number of esters is 1. The molecule has 0 aliphatic carbocycles. The molecule has 0 spiro atoms. The molecule has 0 bridgehead atoms. The monoisotopic (exact) mass is 447 g/mol. The van der Waals surface area contributed by atoms with E-state index in [2.05, 4.69) is 39.4 Å². The summed E-state index contributed by atoms with van der Waals surface area (Å²) in [5, 5.41) is 3.30. The van der Waals surface area contributed by atoms with Crippen molar-refractivity contribution in [2.45, 2.75) is 0 Å². The van der Waals surface area contributed by atoms with Crippen molar-refractivity contribution in [3.63, 3.8) is 0 Å². The Morgan fingerprint density at radius 3 is 2.18 bits per heavy atom. The van der Waals surface area contributed by atoms with Crippen molar-refractivity contribution in [1.29, 1.82) is 0 Å². The van der Waals surface area contributed by atoms with Crippen LogP contribution in [0, 0.1) is 0 Å². The van der Waals surface area contributed by atoms with E-state index in [-0.39, 0.29) is 0 Å². The second-order valence-corrected chi connectivity index (χ2v) is 7.75. The number of methoxy groups -OCH3 is 2. The van der Waals surface area contributed by atoms with Crippen LogP contribution in [0.15, 0.2) is 66.7 Å². The zero-order chi connectivity index (χ0) is 23.2. The van der Waals surface area contributed by atoms with Crippen LogP contribution in [-0.4, -0.2) is 53.5 Å². The van der Waals surface area contributed by atoms with Crippen LogP contribution in [0.2, 0.25) is 0 Å². The summed E-state index contributed by atoms with van der Waals surface area (Å²) in [6.07, 6.45) is 0. The summed E-state index contributed by atoms with van der Waals surface area (Å²) in [4.78, 5) is 16.7. The van der Waals surface area contributed by atoms with Gasteiger partial charge in [-0.1, -0.05) is 0 Å². The molecule has 7 heteroatoms. The number of benzene rings is 3. The van der Waals surface area contributed by atoms with Gasteiger partial charge in [-0.2, -0.15) is 0 Å². The standard InChI is InChI=1S/C26H29N3O4/c1-28(21-8-10-22(11-9-21)29-14-16-33-17-15-29)20-6-4-19(5-7-20)27-25-13-12-23(31-2)18-24(25)26(30)32-3/h4-13,18,27H,14-17H2,1-3H3. The van der Waals surface area contributed by atoms with Crippen LogP contribution in [0.5, 0.6) is 5.75 Å². The molecule has 1 aliphatic rings. The Kier molecular flexibility index (Phi) is 7.00. The highest BCUT2D eigenvalue weighted by Crippen LogP contribution is 2.30. The van der Waals surface area contributed by atoms with E-state index >= 15 is 0 Å². The first-order valence-corrected chi connectivity index (χ1v) is 10.9. The second-order valence-electron chi connectivity index (χ2n) is 7.75. The number of morpholine rings is 1. The molecule has 3 aromatic carbocycles. The highest BCUT2D eigenvalue weighted by Gasteiger charge is 2.14. The average Bonchev–Trinajstić information content (AvgIpc) is 2.89. The van der Waals surface area contributed by atoms with Crippen LogP contribution < -0.4 is 19.9 Å². The van der Waals surface area contributed by atoms with Gasteiger partial charge in [-0.25, -0.2) is 4.79 Å². The van der Waals surface area contributed by atoms with Gasteiger partial charge in [-0.3, -0.25) is 0 Å². The summed E-state index contributed by atoms with van der Waals surface area (Å²) >= 11 is 0. The van der Waals surface area contributed by atoms with Gasteiger partial charge in [0.05, 0.1) is 38.7 Å². The quantitative estimate of drug-likeness (QED) is 0.521. The zero-order valence-electron chi connectivity index (χ0n) is 19.2. The molecule has 4 rings (SSSR count). The molecule has 0 saturated carbocycles. The fourth-order valence-corrected chi connectivity index (χ4v) is 3.82. The Morgan fingerprint density at radius 2 is 1.58 bits per heavy atom. The van der Waals surface area contributed by atoms with Crippen molar-refractivity contribution in [3.05, 3.63) is 72.3 Å². The van der Waals surface area contributed by atoms with Crippen molar-refractivity contribution >= 4 is 34.4 Å². The minimum atomic E-state index is -0.423. The first-order chi connectivity index (χ1) is 16.1. The third-order valence-corrected chi connectivity index (χ3v) is 5.78. The molecule has 0 atom stereocenters. The van der Waals surface area contributed by atoms with Crippen molar-refractivity contribution in [1.82, 2.24) is 0 Å². The van der Waals surface area contributed by atoms with Crippen molar-refractivity contribution in [3.8, 4) is 5.75 Å². The van der Waals surface area contributed by atoms with E-state index in [4.69, 9.17) is 14.2 Å². The molecule has 33 heavy (non-hydrogen) atoms. The lowest BCUT2D eigenvalue weighted by molar-refractivity contribution is 0.0601. The van der Waals surface area contributed by atoms with E-state index in [1.54, 1.807) is 25.3 Å². The predicted molar refractivity (Wildman–Crippen MR) is 132 cm³/mol. The molecule has 1 fully saturated rings. The summed E-state index contributed by atoms with van der Waals surface area (Å²) in [6.45, 7) is 3.41.